The van der Waals surface area contributed by atoms with Gasteiger partial charge in [-0.1, -0.05) is 18.2 Å². The van der Waals surface area contributed by atoms with Crippen molar-refractivity contribution in [3.8, 4) is 0 Å². The fourth-order valence-corrected chi connectivity index (χ4v) is 1.17. The van der Waals surface area contributed by atoms with Gasteiger partial charge in [0, 0.05) is 5.69 Å². The van der Waals surface area contributed by atoms with Crippen molar-refractivity contribution in [2.75, 3.05) is 5.32 Å². The van der Waals surface area contributed by atoms with Gasteiger partial charge < -0.3 is 11.7 Å². The van der Waals surface area contributed by atoms with Crippen LogP contribution in [0.1, 0.15) is 1.43 Å². The molecule has 0 amide bonds. The van der Waals surface area contributed by atoms with E-state index in [0.717, 1.165) is 5.69 Å². The molecule has 72 valence electrons. The summed E-state index contributed by atoms with van der Waals surface area (Å²) in [6, 6.07) is 9.72. The molecule has 0 fully saturated rings. The monoisotopic (exact) mass is 228 g/mol. The Hall–Kier alpha value is -0.750. The fraction of sp³-hybridized carbons (Fsp3) is 0. The van der Waals surface area contributed by atoms with Gasteiger partial charge in [0.05, 0.1) is 0 Å². The third-order valence-electron chi connectivity index (χ3n) is 1.62. The van der Waals surface area contributed by atoms with Crippen LogP contribution in [0.15, 0.2) is 36.7 Å². The molecule has 0 saturated carbocycles. The Morgan fingerprint density at radius 2 is 1.93 bits per heavy atom. The summed E-state index contributed by atoms with van der Waals surface area (Å²) < 4.78 is 0.415. The van der Waals surface area contributed by atoms with Gasteiger partial charge in [0.1, 0.15) is 6.33 Å². The maximum absolute atomic E-state index is 4.87. The Bertz CT molecular complexity index is 476. The number of anilines is 2. The van der Waals surface area contributed by atoms with Crippen molar-refractivity contribution in [1.29, 1.82) is 0 Å². The van der Waals surface area contributed by atoms with Crippen molar-refractivity contribution < 1.29 is 31.0 Å². The van der Waals surface area contributed by atoms with E-state index in [2.05, 4.69) is 20.3 Å². The van der Waals surface area contributed by atoms with Crippen LogP contribution < -0.4 is 34.9 Å². The maximum atomic E-state index is 4.87. The molecule has 1 aromatic carbocycles. The number of nitrogens with zero attached hydrogens (tertiary/aromatic N) is 2. The second-order valence-corrected chi connectivity index (χ2v) is 3.03. The van der Waals surface area contributed by atoms with Crippen LogP contribution in [0.4, 0.5) is 11.6 Å². The third-order valence-corrected chi connectivity index (χ3v) is 1.83. The summed E-state index contributed by atoms with van der Waals surface area (Å²) in [5.41, 5.74) is 0.955. The van der Waals surface area contributed by atoms with Crippen LogP contribution in [0.3, 0.4) is 0 Å². The molecule has 0 atom stereocenters. The summed E-state index contributed by atoms with van der Waals surface area (Å²) in [6.07, 6.45) is 1.42. The molecule has 1 heterocycles. The first-order valence-electron chi connectivity index (χ1n) is 4.08. The smallest absolute Gasteiger partial charge is 1.00 e. The minimum atomic E-state index is 0. The SMILES string of the molecule is S=c1ncnc(Nc2ccccc2)[nH]1.[H-].[Na+]. The molecule has 15 heavy (non-hydrogen) atoms. The Kier molecular flexibility index (Phi) is 4.90. The van der Waals surface area contributed by atoms with Crippen molar-refractivity contribution in [2.45, 2.75) is 0 Å². The van der Waals surface area contributed by atoms with E-state index in [-0.39, 0.29) is 31.0 Å². The molecule has 0 aliphatic carbocycles. The van der Waals surface area contributed by atoms with E-state index in [0.29, 0.717) is 10.7 Å². The summed E-state index contributed by atoms with van der Waals surface area (Å²) in [6.45, 7) is 0. The molecule has 1 aromatic heterocycles. The van der Waals surface area contributed by atoms with Gasteiger partial charge in [-0.05, 0) is 24.4 Å². The van der Waals surface area contributed by atoms with Gasteiger partial charge in [0.15, 0.2) is 0 Å². The van der Waals surface area contributed by atoms with Crippen LogP contribution in [0, 0.1) is 4.77 Å². The zero-order valence-electron chi connectivity index (χ0n) is 9.27. The Labute approximate surface area is 116 Å². The third kappa shape index (κ3) is 3.71. The molecule has 2 N–H and O–H groups in total. The maximum Gasteiger partial charge on any atom is 1.00 e. The predicted molar refractivity (Wildman–Crippen MR) is 58.1 cm³/mol. The summed E-state index contributed by atoms with van der Waals surface area (Å²) >= 11 is 4.87. The molecule has 0 unspecified atom stereocenters. The van der Waals surface area contributed by atoms with Crippen molar-refractivity contribution in [3.05, 3.63) is 41.4 Å². The van der Waals surface area contributed by atoms with Gasteiger partial charge in [-0.25, -0.2) is 9.97 Å². The molecule has 0 bridgehead atoms. The number of para-hydroxylation sites is 1. The van der Waals surface area contributed by atoms with E-state index in [1.807, 2.05) is 30.3 Å². The molecular weight excluding hydrogens is 219 g/mol. The van der Waals surface area contributed by atoms with E-state index >= 15 is 0 Å². The van der Waals surface area contributed by atoms with E-state index in [1.54, 1.807) is 0 Å². The first kappa shape index (κ1) is 12.3. The zero-order valence-corrected chi connectivity index (χ0v) is 11.1. The van der Waals surface area contributed by atoms with Crippen LogP contribution in [0.2, 0.25) is 0 Å². The number of aromatic amines is 1. The average molecular weight is 228 g/mol. The molecule has 0 spiro atoms. The summed E-state index contributed by atoms with van der Waals surface area (Å²) in [5, 5.41) is 3.07. The number of nitrogens with one attached hydrogen (secondary N) is 2. The fourth-order valence-electron chi connectivity index (χ4n) is 1.03. The van der Waals surface area contributed by atoms with E-state index in [1.165, 1.54) is 6.33 Å². The van der Waals surface area contributed by atoms with Crippen LogP contribution in [-0.4, -0.2) is 15.0 Å². The minimum absolute atomic E-state index is 0. The van der Waals surface area contributed by atoms with Gasteiger partial charge in [-0.15, -0.1) is 0 Å². The van der Waals surface area contributed by atoms with Gasteiger partial charge in [-0.2, -0.15) is 0 Å². The van der Waals surface area contributed by atoms with Crippen LogP contribution >= 0.6 is 12.2 Å². The predicted octanol–water partition coefficient (Wildman–Crippen LogP) is -0.606. The number of hydrogen-bond donors (Lipinski definition) is 2. The second kappa shape index (κ2) is 5.97. The van der Waals surface area contributed by atoms with E-state index < -0.39 is 0 Å². The summed E-state index contributed by atoms with van der Waals surface area (Å²) in [7, 11) is 0. The average Bonchev–Trinajstić information content (AvgIpc) is 2.19. The Morgan fingerprint density at radius 1 is 1.20 bits per heavy atom. The van der Waals surface area contributed by atoms with E-state index in [9.17, 15) is 0 Å². The second-order valence-electron chi connectivity index (χ2n) is 2.64. The molecule has 0 saturated heterocycles. The normalized spacial score (nSPS) is 9.07. The molecule has 0 aliphatic heterocycles. The Balaban J connectivity index is 0.00000112. The summed E-state index contributed by atoms with van der Waals surface area (Å²) in [4.78, 5) is 10.6. The molecule has 0 aliphatic rings. The van der Waals surface area contributed by atoms with Crippen molar-refractivity contribution in [1.82, 2.24) is 15.0 Å². The van der Waals surface area contributed by atoms with Gasteiger partial charge in [0.25, 0.3) is 0 Å². The Morgan fingerprint density at radius 3 is 2.60 bits per heavy atom. The van der Waals surface area contributed by atoms with Crippen molar-refractivity contribution in [2.24, 2.45) is 0 Å². The van der Waals surface area contributed by atoms with Crippen molar-refractivity contribution >= 4 is 23.9 Å². The van der Waals surface area contributed by atoms with Gasteiger partial charge >= 0.3 is 29.6 Å². The quantitative estimate of drug-likeness (QED) is 0.532. The van der Waals surface area contributed by atoms with Gasteiger partial charge in [0.2, 0.25) is 10.7 Å². The molecule has 2 rings (SSSR count). The van der Waals surface area contributed by atoms with Crippen LogP contribution in [0.5, 0.6) is 0 Å². The number of benzene rings is 1. The minimum Gasteiger partial charge on any atom is -1.00 e. The first-order chi connectivity index (χ1) is 6.84. The van der Waals surface area contributed by atoms with Crippen LogP contribution in [-0.2, 0) is 0 Å². The molecular formula is C9H9N4NaS. The molecule has 6 heteroatoms. The first-order valence-corrected chi connectivity index (χ1v) is 4.49. The zero-order chi connectivity index (χ0) is 9.80. The molecule has 4 nitrogen and oxygen atoms in total. The molecule has 0 radical (unpaired) electrons. The molecule has 2 aromatic rings. The summed E-state index contributed by atoms with van der Waals surface area (Å²) in [5.74, 6) is 0.594. The largest absolute Gasteiger partial charge is 1.00 e. The number of H-pyrrole nitrogens is 1. The van der Waals surface area contributed by atoms with E-state index in [4.69, 9.17) is 12.2 Å². The topological polar surface area (TPSA) is 53.6 Å². The van der Waals surface area contributed by atoms with Crippen molar-refractivity contribution in [3.63, 3.8) is 0 Å². The number of hydrogen-bond acceptors (Lipinski definition) is 4. The number of rotatable bonds is 2. The number of aromatic nitrogens is 3. The van der Waals surface area contributed by atoms with Crippen LogP contribution in [0.25, 0.3) is 0 Å². The van der Waals surface area contributed by atoms with Gasteiger partial charge in [-0.3, -0.25) is 0 Å². The standard InChI is InChI=1S/C9H8N4S.Na.H/c14-9-11-6-10-8(13-9)12-7-4-2-1-3-5-7;;/h1-6H,(H2,10,11,12,13,14);;/q;+1;-1.